The van der Waals surface area contributed by atoms with E-state index >= 15 is 0 Å². The second-order valence-corrected chi connectivity index (χ2v) is 11.3. The summed E-state index contributed by atoms with van der Waals surface area (Å²) < 4.78 is 1.80. The minimum Gasteiger partial charge on any atom is -0.383 e. The summed E-state index contributed by atoms with van der Waals surface area (Å²) in [6.07, 6.45) is 11.2. The van der Waals surface area contributed by atoms with Crippen molar-refractivity contribution in [3.63, 3.8) is 0 Å². The maximum atomic E-state index is 13.2. The average molecular weight is 532 g/mol. The Labute approximate surface area is 230 Å². The average Bonchev–Trinajstić information content (AvgIpc) is 3.37. The molecular formula is C30H29N9O. The van der Waals surface area contributed by atoms with Crippen molar-refractivity contribution in [2.24, 2.45) is 0 Å². The lowest BCUT2D eigenvalue weighted by Crippen LogP contribution is -2.46. The summed E-state index contributed by atoms with van der Waals surface area (Å²) in [6, 6.07) is 14.6. The molecule has 1 aliphatic carbocycles. The number of anilines is 1. The van der Waals surface area contributed by atoms with Crippen molar-refractivity contribution >= 4 is 17.4 Å². The second kappa shape index (κ2) is 8.97. The van der Waals surface area contributed by atoms with E-state index in [1.807, 2.05) is 41.6 Å². The highest BCUT2D eigenvalue weighted by atomic mass is 16.2. The SMILES string of the molecule is Nc1c(C2CC2)c([C@@H]2C[C@H]3CC[C@@H](C2)N3C(=O)c2nnc[nH]2)nc2c(-c3ccc(-c4ccccc4)nc3)cnn12. The number of hydrogen-bond donors (Lipinski definition) is 2. The van der Waals surface area contributed by atoms with Gasteiger partial charge in [-0.05, 0) is 50.5 Å². The number of rotatable bonds is 5. The van der Waals surface area contributed by atoms with Crippen LogP contribution in [0.5, 0.6) is 0 Å². The molecule has 0 unspecified atom stereocenters. The quantitative estimate of drug-likeness (QED) is 0.339. The molecule has 0 radical (unpaired) electrons. The van der Waals surface area contributed by atoms with E-state index in [9.17, 15) is 4.79 Å². The van der Waals surface area contributed by atoms with E-state index in [0.29, 0.717) is 17.6 Å². The lowest BCUT2D eigenvalue weighted by atomic mass is 9.85. The van der Waals surface area contributed by atoms with E-state index in [1.165, 1.54) is 6.33 Å². The molecule has 8 rings (SSSR count). The van der Waals surface area contributed by atoms with E-state index in [1.54, 1.807) is 4.52 Å². The normalized spacial score (nSPS) is 22.2. The highest BCUT2D eigenvalue weighted by molar-refractivity contribution is 5.91. The molecule has 10 heteroatoms. The Hall–Kier alpha value is -4.60. The smallest absolute Gasteiger partial charge is 0.292 e. The highest BCUT2D eigenvalue weighted by Crippen LogP contribution is 2.50. The van der Waals surface area contributed by atoms with Crippen LogP contribution in [0.3, 0.4) is 0 Å². The number of fused-ring (bicyclic) bond motifs is 3. The molecule has 2 bridgehead atoms. The van der Waals surface area contributed by atoms with Crippen LogP contribution >= 0.6 is 0 Å². The summed E-state index contributed by atoms with van der Waals surface area (Å²) >= 11 is 0. The number of nitrogens with one attached hydrogen (secondary N) is 1. The zero-order valence-corrected chi connectivity index (χ0v) is 21.9. The van der Waals surface area contributed by atoms with Crippen molar-refractivity contribution in [3.05, 3.63) is 78.3 Å². The molecule has 3 N–H and O–H groups in total. The molecule has 40 heavy (non-hydrogen) atoms. The fraction of sp³-hybridized carbons (Fsp3) is 0.333. The van der Waals surface area contributed by atoms with Crippen LogP contribution in [0.25, 0.3) is 28.0 Å². The number of nitrogens with zero attached hydrogens (tertiary/aromatic N) is 7. The van der Waals surface area contributed by atoms with Crippen LogP contribution in [0, 0.1) is 0 Å². The number of nitrogens with two attached hydrogens (primary N) is 1. The standard InChI is InChI=1S/C30H29N9O/c31-27-25(18-6-7-18)26(20-12-21-9-10-22(13-20)38(21)30(40)28-33-16-34-37-28)36-29-23(15-35-39(27)29)19-8-11-24(32-14-19)17-4-2-1-3-5-17/h1-5,8,11,14-16,18,20-22H,6-7,9-10,12-13,31H2,(H,33,34,37)/t20-,21-,22+. The Morgan fingerprint density at radius 2 is 1.73 bits per heavy atom. The van der Waals surface area contributed by atoms with E-state index < -0.39 is 0 Å². The Kier molecular flexibility index (Phi) is 5.23. The molecule has 3 aliphatic rings. The summed E-state index contributed by atoms with van der Waals surface area (Å²) in [7, 11) is 0. The van der Waals surface area contributed by atoms with Gasteiger partial charge in [-0.3, -0.25) is 9.78 Å². The summed E-state index contributed by atoms with van der Waals surface area (Å²) in [5.74, 6) is 1.61. The van der Waals surface area contributed by atoms with Gasteiger partial charge in [0.2, 0.25) is 5.82 Å². The van der Waals surface area contributed by atoms with E-state index in [2.05, 4.69) is 38.5 Å². The van der Waals surface area contributed by atoms with Crippen LogP contribution in [0.15, 0.2) is 61.2 Å². The number of aromatic nitrogens is 7. The van der Waals surface area contributed by atoms with Gasteiger partial charge >= 0.3 is 0 Å². The van der Waals surface area contributed by atoms with E-state index in [-0.39, 0.29) is 23.9 Å². The Morgan fingerprint density at radius 3 is 2.40 bits per heavy atom. The van der Waals surface area contributed by atoms with Crippen molar-refractivity contribution in [1.29, 1.82) is 0 Å². The van der Waals surface area contributed by atoms with Gasteiger partial charge in [-0.15, -0.1) is 10.2 Å². The Bertz CT molecular complexity index is 1690. The number of benzene rings is 1. The number of carbonyl (C=O) groups excluding carboxylic acids is 1. The molecule has 1 aromatic carbocycles. The fourth-order valence-corrected chi connectivity index (χ4v) is 6.85. The van der Waals surface area contributed by atoms with Crippen molar-refractivity contribution in [2.45, 2.75) is 62.4 Å². The topological polar surface area (TPSA) is 131 Å². The van der Waals surface area contributed by atoms with Crippen LogP contribution in [-0.4, -0.2) is 57.7 Å². The third-order valence-electron chi connectivity index (χ3n) is 8.85. The second-order valence-electron chi connectivity index (χ2n) is 11.3. The third kappa shape index (κ3) is 3.70. The number of pyridine rings is 1. The van der Waals surface area contributed by atoms with Gasteiger partial charge in [-0.25, -0.2) is 4.98 Å². The van der Waals surface area contributed by atoms with E-state index in [4.69, 9.17) is 15.7 Å². The molecule has 2 saturated heterocycles. The van der Waals surface area contributed by atoms with Gasteiger partial charge < -0.3 is 15.6 Å². The molecule has 1 saturated carbocycles. The molecule has 0 spiro atoms. The molecule has 4 aromatic heterocycles. The largest absolute Gasteiger partial charge is 0.383 e. The van der Waals surface area contributed by atoms with E-state index in [0.717, 1.165) is 77.8 Å². The zero-order valence-electron chi connectivity index (χ0n) is 21.9. The van der Waals surface area contributed by atoms with Gasteiger partial charge in [0.05, 0.1) is 17.6 Å². The predicted molar refractivity (Wildman–Crippen MR) is 149 cm³/mol. The molecule has 2 aliphatic heterocycles. The number of amides is 1. The summed E-state index contributed by atoms with van der Waals surface area (Å²) in [5, 5.41) is 12.4. The van der Waals surface area contributed by atoms with Crippen LogP contribution in [0.2, 0.25) is 0 Å². The fourth-order valence-electron chi connectivity index (χ4n) is 6.85. The van der Waals surface area contributed by atoms with Crippen LogP contribution < -0.4 is 5.73 Å². The van der Waals surface area contributed by atoms with Gasteiger partial charge in [0.15, 0.2) is 5.65 Å². The number of aromatic amines is 1. The van der Waals surface area contributed by atoms with Crippen LogP contribution in [-0.2, 0) is 0 Å². The molecule has 6 heterocycles. The maximum absolute atomic E-state index is 13.2. The van der Waals surface area contributed by atoms with Crippen molar-refractivity contribution in [3.8, 4) is 22.4 Å². The van der Waals surface area contributed by atoms with Crippen molar-refractivity contribution in [1.82, 2.24) is 39.7 Å². The molecule has 3 atom stereocenters. The first-order chi connectivity index (χ1) is 19.7. The third-order valence-corrected chi connectivity index (χ3v) is 8.85. The number of hydrogen-bond acceptors (Lipinski definition) is 7. The lowest BCUT2D eigenvalue weighted by molar-refractivity contribution is 0.0557. The monoisotopic (exact) mass is 531 g/mol. The molecule has 5 aromatic rings. The number of H-pyrrole nitrogens is 1. The van der Waals surface area contributed by atoms with Crippen molar-refractivity contribution < 1.29 is 4.79 Å². The molecule has 3 fully saturated rings. The Balaban J connectivity index is 1.16. The van der Waals surface area contributed by atoms with Gasteiger partial charge in [0.25, 0.3) is 5.91 Å². The van der Waals surface area contributed by atoms with Crippen LogP contribution in [0.1, 0.15) is 72.2 Å². The lowest BCUT2D eigenvalue weighted by Gasteiger charge is -2.39. The van der Waals surface area contributed by atoms with Crippen molar-refractivity contribution in [2.75, 3.05) is 5.73 Å². The minimum atomic E-state index is -0.0571. The zero-order chi connectivity index (χ0) is 26.8. The van der Waals surface area contributed by atoms with Crippen LogP contribution in [0.4, 0.5) is 5.82 Å². The Morgan fingerprint density at radius 1 is 0.925 bits per heavy atom. The molecule has 1 amide bonds. The summed E-state index contributed by atoms with van der Waals surface area (Å²) in [4.78, 5) is 28.2. The van der Waals surface area contributed by atoms with Gasteiger partial charge in [0.1, 0.15) is 12.1 Å². The molecule has 200 valence electrons. The molecular weight excluding hydrogens is 502 g/mol. The highest BCUT2D eigenvalue weighted by Gasteiger charge is 2.46. The predicted octanol–water partition coefficient (Wildman–Crippen LogP) is 4.59. The number of carbonyl (C=O) groups is 1. The maximum Gasteiger partial charge on any atom is 0.292 e. The van der Waals surface area contributed by atoms with Gasteiger partial charge in [-0.1, -0.05) is 36.4 Å². The first-order valence-corrected chi connectivity index (χ1v) is 14.0. The summed E-state index contributed by atoms with van der Waals surface area (Å²) in [6.45, 7) is 0. The van der Waals surface area contributed by atoms with Gasteiger partial charge in [0, 0.05) is 46.5 Å². The first kappa shape index (κ1) is 23.3. The summed E-state index contributed by atoms with van der Waals surface area (Å²) in [5.41, 5.74) is 13.7. The van der Waals surface area contributed by atoms with Gasteiger partial charge in [-0.2, -0.15) is 9.61 Å². The minimum absolute atomic E-state index is 0.0571. The molecule has 10 nitrogen and oxygen atoms in total. The number of nitrogen functional groups attached to an aromatic ring is 1. The number of piperidine rings is 1. The first-order valence-electron chi connectivity index (χ1n) is 14.0.